The molecular formula is C22H26FN3O4S. The van der Waals surface area contributed by atoms with Crippen molar-refractivity contribution in [1.82, 2.24) is 9.62 Å². The summed E-state index contributed by atoms with van der Waals surface area (Å²) in [5, 5.41) is 5.07. The Labute approximate surface area is 181 Å². The summed E-state index contributed by atoms with van der Waals surface area (Å²) in [5.41, 5.74) is 0.872. The largest absolute Gasteiger partial charge is 0.348 e. The number of piperidine rings is 1. The maximum Gasteiger partial charge on any atom is 0.313 e. The van der Waals surface area contributed by atoms with E-state index in [-0.39, 0.29) is 17.5 Å². The van der Waals surface area contributed by atoms with Crippen LogP contribution in [0.3, 0.4) is 0 Å². The number of halogens is 1. The molecule has 3 rings (SSSR count). The predicted molar refractivity (Wildman–Crippen MR) is 115 cm³/mol. The van der Waals surface area contributed by atoms with Crippen molar-refractivity contribution in [2.24, 2.45) is 0 Å². The number of benzene rings is 2. The monoisotopic (exact) mass is 447 g/mol. The summed E-state index contributed by atoms with van der Waals surface area (Å²) >= 11 is 0. The van der Waals surface area contributed by atoms with Gasteiger partial charge in [-0.2, -0.15) is 4.31 Å². The molecule has 2 amide bonds. The standard InChI is InChI=1S/C22H26FN3O4S/c1-16-15-17(23)10-11-20(16)31(29,30)26-14-6-5-9-19(26)12-13-24-21(27)22(28)25-18-7-3-2-4-8-18/h2-4,7-8,10-11,15,19H,5-6,9,12-14H2,1H3,(H,24,27)(H,25,28). The van der Waals surface area contributed by atoms with Crippen LogP contribution in [0.1, 0.15) is 31.2 Å². The Kier molecular flexibility index (Phi) is 7.40. The molecule has 9 heteroatoms. The van der Waals surface area contributed by atoms with Gasteiger partial charge in [-0.05, 0) is 62.1 Å². The van der Waals surface area contributed by atoms with Crippen LogP contribution >= 0.6 is 0 Å². The van der Waals surface area contributed by atoms with E-state index < -0.39 is 27.7 Å². The summed E-state index contributed by atoms with van der Waals surface area (Å²) in [6.07, 6.45) is 2.65. The molecule has 7 nitrogen and oxygen atoms in total. The van der Waals surface area contributed by atoms with Crippen LogP contribution < -0.4 is 10.6 Å². The molecule has 1 fully saturated rings. The molecule has 31 heavy (non-hydrogen) atoms. The lowest BCUT2D eigenvalue weighted by molar-refractivity contribution is -0.136. The van der Waals surface area contributed by atoms with Crippen molar-refractivity contribution in [3.8, 4) is 0 Å². The van der Waals surface area contributed by atoms with Gasteiger partial charge < -0.3 is 10.6 Å². The Morgan fingerprint density at radius 3 is 2.55 bits per heavy atom. The molecule has 0 bridgehead atoms. The zero-order chi connectivity index (χ0) is 22.4. The molecule has 166 valence electrons. The van der Waals surface area contributed by atoms with Gasteiger partial charge in [-0.3, -0.25) is 9.59 Å². The number of aryl methyl sites for hydroxylation is 1. The first kappa shape index (κ1) is 22.9. The molecule has 0 aliphatic carbocycles. The van der Waals surface area contributed by atoms with Gasteiger partial charge in [0, 0.05) is 24.8 Å². The van der Waals surface area contributed by atoms with Crippen molar-refractivity contribution in [1.29, 1.82) is 0 Å². The molecule has 1 aliphatic heterocycles. The zero-order valence-corrected chi connectivity index (χ0v) is 18.1. The summed E-state index contributed by atoms with van der Waals surface area (Å²) in [4.78, 5) is 24.2. The van der Waals surface area contributed by atoms with Gasteiger partial charge in [0.2, 0.25) is 10.0 Å². The average molecular weight is 448 g/mol. The third-order valence-corrected chi connectivity index (χ3v) is 7.41. The quantitative estimate of drug-likeness (QED) is 0.666. The van der Waals surface area contributed by atoms with E-state index >= 15 is 0 Å². The fourth-order valence-corrected chi connectivity index (χ4v) is 5.68. The molecule has 1 unspecified atom stereocenters. The third-order valence-electron chi connectivity index (χ3n) is 5.30. The Bertz CT molecular complexity index is 1040. The Balaban J connectivity index is 1.61. The predicted octanol–water partition coefficient (Wildman–Crippen LogP) is 2.82. The highest BCUT2D eigenvalue weighted by Gasteiger charge is 2.34. The van der Waals surface area contributed by atoms with E-state index in [0.717, 1.165) is 18.9 Å². The number of sulfonamides is 1. The number of hydrogen-bond acceptors (Lipinski definition) is 4. The van der Waals surface area contributed by atoms with Crippen LogP contribution in [-0.4, -0.2) is 43.7 Å². The minimum absolute atomic E-state index is 0.0899. The number of nitrogens with one attached hydrogen (secondary N) is 2. The second kappa shape index (κ2) is 10.0. The van der Waals surface area contributed by atoms with Crippen molar-refractivity contribution >= 4 is 27.5 Å². The molecule has 1 aliphatic rings. The molecule has 1 saturated heterocycles. The molecule has 2 aromatic carbocycles. The van der Waals surface area contributed by atoms with Crippen LogP contribution in [0.25, 0.3) is 0 Å². The second-order valence-corrected chi connectivity index (χ2v) is 9.40. The van der Waals surface area contributed by atoms with Gasteiger partial charge in [0.15, 0.2) is 0 Å². The lowest BCUT2D eigenvalue weighted by atomic mass is 10.0. The highest BCUT2D eigenvalue weighted by atomic mass is 32.2. The number of carbonyl (C=O) groups is 2. The van der Waals surface area contributed by atoms with Crippen LogP contribution in [-0.2, 0) is 19.6 Å². The van der Waals surface area contributed by atoms with E-state index in [1.807, 2.05) is 0 Å². The van der Waals surface area contributed by atoms with Crippen LogP contribution in [0.15, 0.2) is 53.4 Å². The number of para-hydroxylation sites is 1. The number of rotatable bonds is 6. The maximum absolute atomic E-state index is 13.4. The molecule has 0 radical (unpaired) electrons. The molecule has 1 atom stereocenters. The molecule has 0 aromatic heterocycles. The average Bonchev–Trinajstić information content (AvgIpc) is 2.74. The highest BCUT2D eigenvalue weighted by molar-refractivity contribution is 7.89. The lowest BCUT2D eigenvalue weighted by Crippen LogP contribution is -2.46. The molecule has 0 spiro atoms. The first-order valence-corrected chi connectivity index (χ1v) is 11.7. The number of carbonyl (C=O) groups excluding carboxylic acids is 2. The van der Waals surface area contributed by atoms with E-state index in [1.165, 1.54) is 16.4 Å². The minimum Gasteiger partial charge on any atom is -0.348 e. The number of amides is 2. The Morgan fingerprint density at radius 1 is 1.10 bits per heavy atom. The van der Waals surface area contributed by atoms with Gasteiger partial charge in [-0.15, -0.1) is 0 Å². The normalized spacial score (nSPS) is 17.2. The van der Waals surface area contributed by atoms with Gasteiger partial charge in [0.1, 0.15) is 5.82 Å². The smallest absolute Gasteiger partial charge is 0.313 e. The summed E-state index contributed by atoms with van der Waals surface area (Å²) in [6, 6.07) is 12.0. The van der Waals surface area contributed by atoms with Crippen molar-refractivity contribution in [3.05, 3.63) is 59.9 Å². The number of nitrogens with zero attached hydrogens (tertiary/aromatic N) is 1. The van der Waals surface area contributed by atoms with E-state index in [4.69, 9.17) is 0 Å². The third kappa shape index (κ3) is 5.68. The molecular weight excluding hydrogens is 421 g/mol. The molecule has 1 heterocycles. The SMILES string of the molecule is Cc1cc(F)ccc1S(=O)(=O)N1CCCCC1CCNC(=O)C(=O)Nc1ccccc1. The van der Waals surface area contributed by atoms with Crippen LogP contribution in [0, 0.1) is 12.7 Å². The number of anilines is 1. The Morgan fingerprint density at radius 2 is 1.84 bits per heavy atom. The van der Waals surface area contributed by atoms with Crippen molar-refractivity contribution < 1.29 is 22.4 Å². The summed E-state index contributed by atoms with van der Waals surface area (Å²) in [7, 11) is -3.79. The summed E-state index contributed by atoms with van der Waals surface area (Å²) < 4.78 is 41.2. The van der Waals surface area contributed by atoms with E-state index in [9.17, 15) is 22.4 Å². The number of hydrogen-bond donors (Lipinski definition) is 2. The maximum atomic E-state index is 13.4. The van der Waals surface area contributed by atoms with Gasteiger partial charge in [0.25, 0.3) is 0 Å². The van der Waals surface area contributed by atoms with E-state index in [2.05, 4.69) is 10.6 Å². The minimum atomic E-state index is -3.79. The van der Waals surface area contributed by atoms with E-state index in [0.29, 0.717) is 30.6 Å². The first-order valence-electron chi connectivity index (χ1n) is 10.2. The van der Waals surface area contributed by atoms with Crippen LogP contribution in [0.4, 0.5) is 10.1 Å². The Hall–Kier alpha value is -2.78. The molecule has 0 saturated carbocycles. The summed E-state index contributed by atoms with van der Waals surface area (Å²) in [5.74, 6) is -2.03. The van der Waals surface area contributed by atoms with Crippen molar-refractivity contribution in [3.63, 3.8) is 0 Å². The van der Waals surface area contributed by atoms with Gasteiger partial charge >= 0.3 is 11.8 Å². The second-order valence-electron chi connectivity index (χ2n) is 7.54. The van der Waals surface area contributed by atoms with Crippen LogP contribution in [0.2, 0.25) is 0 Å². The lowest BCUT2D eigenvalue weighted by Gasteiger charge is -2.35. The molecule has 2 aromatic rings. The molecule has 2 N–H and O–H groups in total. The van der Waals surface area contributed by atoms with Crippen molar-refractivity contribution in [2.75, 3.05) is 18.4 Å². The van der Waals surface area contributed by atoms with Gasteiger partial charge in [-0.1, -0.05) is 24.6 Å². The van der Waals surface area contributed by atoms with Crippen molar-refractivity contribution in [2.45, 2.75) is 43.5 Å². The van der Waals surface area contributed by atoms with Gasteiger partial charge in [0.05, 0.1) is 4.90 Å². The topological polar surface area (TPSA) is 95.6 Å². The highest BCUT2D eigenvalue weighted by Crippen LogP contribution is 2.28. The fraction of sp³-hybridized carbons (Fsp3) is 0.364. The van der Waals surface area contributed by atoms with Gasteiger partial charge in [-0.25, -0.2) is 12.8 Å². The fourth-order valence-electron chi connectivity index (χ4n) is 3.75. The zero-order valence-electron chi connectivity index (χ0n) is 17.3. The van der Waals surface area contributed by atoms with E-state index in [1.54, 1.807) is 37.3 Å². The van der Waals surface area contributed by atoms with Crippen LogP contribution in [0.5, 0.6) is 0 Å². The first-order chi connectivity index (χ1) is 14.8. The summed E-state index contributed by atoms with van der Waals surface area (Å²) in [6.45, 7) is 2.10.